The van der Waals surface area contributed by atoms with Crippen molar-refractivity contribution in [3.8, 4) is 0 Å². The molecule has 120 valence electrons. The lowest BCUT2D eigenvalue weighted by atomic mass is 9.95. The predicted molar refractivity (Wildman–Crippen MR) is 80.9 cm³/mol. The van der Waals surface area contributed by atoms with Gasteiger partial charge in [-0.25, -0.2) is 9.18 Å². The van der Waals surface area contributed by atoms with Crippen LogP contribution in [0, 0.1) is 11.7 Å². The van der Waals surface area contributed by atoms with E-state index in [0.717, 1.165) is 5.56 Å². The van der Waals surface area contributed by atoms with Gasteiger partial charge in [0.15, 0.2) is 0 Å². The van der Waals surface area contributed by atoms with Gasteiger partial charge in [0.25, 0.3) is 0 Å². The molecule has 2 unspecified atom stereocenters. The summed E-state index contributed by atoms with van der Waals surface area (Å²) < 4.78 is 13.1. The summed E-state index contributed by atoms with van der Waals surface area (Å²) in [7, 11) is 0. The Kier molecular flexibility index (Phi) is 4.84. The number of benzene rings is 1. The number of amides is 1. The number of carboxylic acid groups (broad SMARTS) is 1. The number of carbonyl (C=O) groups excluding carboxylic acids is 1. The third-order valence-electron chi connectivity index (χ3n) is 4.54. The van der Waals surface area contributed by atoms with Crippen LogP contribution in [0.4, 0.5) is 4.39 Å². The van der Waals surface area contributed by atoms with Crippen LogP contribution in [0.5, 0.6) is 0 Å². The second-order valence-electron chi connectivity index (χ2n) is 6.24. The van der Waals surface area contributed by atoms with Crippen LogP contribution in [0.25, 0.3) is 0 Å². The van der Waals surface area contributed by atoms with Crippen LogP contribution in [-0.2, 0) is 16.0 Å². The summed E-state index contributed by atoms with van der Waals surface area (Å²) >= 11 is 0. The third kappa shape index (κ3) is 3.29. The molecule has 0 saturated carbocycles. The normalized spacial score (nSPS) is 22.6. The van der Waals surface area contributed by atoms with Crippen molar-refractivity contribution in [3.63, 3.8) is 0 Å². The molecule has 1 aliphatic heterocycles. The van der Waals surface area contributed by atoms with Crippen molar-refractivity contribution >= 4 is 11.9 Å². The Hall–Kier alpha value is -1.91. The minimum absolute atomic E-state index is 0.126. The van der Waals surface area contributed by atoms with E-state index in [1.165, 1.54) is 17.0 Å². The maximum Gasteiger partial charge on any atom is 0.329 e. The molecule has 0 aliphatic carbocycles. The standard InChI is InChI=1S/C17H22FNO3/c1-12(7-8-13-5-3-6-14(18)11-13)15(20)19-10-4-9-17(19,2)16(21)22/h3,5-6,11-12H,4,7-10H2,1-2H3,(H,21,22). The van der Waals surface area contributed by atoms with Crippen molar-refractivity contribution in [2.75, 3.05) is 6.54 Å². The Morgan fingerprint density at radius 1 is 1.45 bits per heavy atom. The van der Waals surface area contributed by atoms with Crippen molar-refractivity contribution < 1.29 is 19.1 Å². The molecule has 1 fully saturated rings. The molecule has 5 heteroatoms. The van der Waals surface area contributed by atoms with Gasteiger partial charge in [-0.2, -0.15) is 0 Å². The molecule has 2 rings (SSSR count). The number of aliphatic carboxylic acids is 1. The van der Waals surface area contributed by atoms with Gasteiger partial charge in [0, 0.05) is 12.5 Å². The second kappa shape index (κ2) is 6.46. The number of hydrogen-bond donors (Lipinski definition) is 1. The molecule has 1 aromatic rings. The summed E-state index contributed by atoms with van der Waals surface area (Å²) in [5.74, 6) is -1.64. The molecule has 1 amide bonds. The minimum Gasteiger partial charge on any atom is -0.480 e. The number of likely N-dealkylation sites (tertiary alicyclic amines) is 1. The van der Waals surface area contributed by atoms with Gasteiger partial charge in [-0.3, -0.25) is 4.79 Å². The van der Waals surface area contributed by atoms with Gasteiger partial charge in [-0.15, -0.1) is 0 Å². The SMILES string of the molecule is CC(CCc1cccc(F)c1)C(=O)N1CCCC1(C)C(=O)O. The number of carbonyl (C=O) groups is 2. The number of carboxylic acids is 1. The molecule has 4 nitrogen and oxygen atoms in total. The predicted octanol–water partition coefficient (Wildman–Crippen LogP) is 2.86. The zero-order chi connectivity index (χ0) is 16.3. The van der Waals surface area contributed by atoms with Crippen LogP contribution >= 0.6 is 0 Å². The summed E-state index contributed by atoms with van der Waals surface area (Å²) in [5.41, 5.74) is -0.244. The Balaban J connectivity index is 1.99. The van der Waals surface area contributed by atoms with Crippen LogP contribution in [0.1, 0.15) is 38.7 Å². The number of rotatable bonds is 5. The fraction of sp³-hybridized carbons (Fsp3) is 0.529. The van der Waals surface area contributed by atoms with Crippen LogP contribution in [0.3, 0.4) is 0 Å². The van der Waals surface area contributed by atoms with Crippen LogP contribution in [-0.4, -0.2) is 34.0 Å². The first kappa shape index (κ1) is 16.5. The Labute approximate surface area is 129 Å². The fourth-order valence-electron chi connectivity index (χ4n) is 3.00. The van der Waals surface area contributed by atoms with E-state index in [0.29, 0.717) is 32.2 Å². The van der Waals surface area contributed by atoms with Crippen molar-refractivity contribution in [3.05, 3.63) is 35.6 Å². The highest BCUT2D eigenvalue weighted by atomic mass is 19.1. The molecule has 1 saturated heterocycles. The summed E-state index contributed by atoms with van der Waals surface area (Å²) in [6.07, 6.45) is 2.38. The van der Waals surface area contributed by atoms with E-state index in [1.54, 1.807) is 13.0 Å². The smallest absolute Gasteiger partial charge is 0.329 e. The van der Waals surface area contributed by atoms with Gasteiger partial charge >= 0.3 is 5.97 Å². The molecular formula is C17H22FNO3. The van der Waals surface area contributed by atoms with Crippen molar-refractivity contribution in [1.29, 1.82) is 0 Å². The van der Waals surface area contributed by atoms with Crippen LogP contribution in [0.15, 0.2) is 24.3 Å². The third-order valence-corrected chi connectivity index (χ3v) is 4.54. The van der Waals surface area contributed by atoms with Crippen molar-refractivity contribution in [2.45, 2.75) is 45.1 Å². The van der Waals surface area contributed by atoms with Crippen molar-refractivity contribution in [2.24, 2.45) is 5.92 Å². The first-order chi connectivity index (χ1) is 10.3. The summed E-state index contributed by atoms with van der Waals surface area (Å²) in [5, 5.41) is 9.38. The van der Waals surface area contributed by atoms with Crippen LogP contribution in [0.2, 0.25) is 0 Å². The lowest BCUT2D eigenvalue weighted by Gasteiger charge is -2.33. The van der Waals surface area contributed by atoms with Gasteiger partial charge in [0.1, 0.15) is 11.4 Å². The molecule has 0 aromatic heterocycles. The monoisotopic (exact) mass is 307 g/mol. The van der Waals surface area contributed by atoms with E-state index in [9.17, 15) is 19.1 Å². The fourth-order valence-corrected chi connectivity index (χ4v) is 3.00. The molecule has 22 heavy (non-hydrogen) atoms. The molecule has 0 spiro atoms. The summed E-state index contributed by atoms with van der Waals surface area (Å²) in [6.45, 7) is 3.91. The molecule has 2 atom stereocenters. The van der Waals surface area contributed by atoms with Crippen LogP contribution < -0.4 is 0 Å². The second-order valence-corrected chi connectivity index (χ2v) is 6.24. The quantitative estimate of drug-likeness (QED) is 0.910. The lowest BCUT2D eigenvalue weighted by molar-refractivity contribution is -0.156. The average Bonchev–Trinajstić information content (AvgIpc) is 2.87. The first-order valence-electron chi connectivity index (χ1n) is 7.64. The maximum absolute atomic E-state index is 13.1. The van der Waals surface area contributed by atoms with Gasteiger partial charge in [0.05, 0.1) is 0 Å². The molecule has 1 N–H and O–H groups in total. The molecule has 1 aliphatic rings. The number of aryl methyl sites for hydroxylation is 1. The average molecular weight is 307 g/mol. The molecule has 0 bridgehead atoms. The van der Waals surface area contributed by atoms with E-state index in [4.69, 9.17) is 0 Å². The first-order valence-corrected chi connectivity index (χ1v) is 7.64. The molecule has 0 radical (unpaired) electrons. The molecular weight excluding hydrogens is 285 g/mol. The van der Waals surface area contributed by atoms with E-state index in [2.05, 4.69) is 0 Å². The Morgan fingerprint density at radius 2 is 2.18 bits per heavy atom. The van der Waals surface area contributed by atoms with Gasteiger partial charge < -0.3 is 10.0 Å². The molecule has 1 heterocycles. The number of hydrogen-bond acceptors (Lipinski definition) is 2. The maximum atomic E-state index is 13.1. The number of halogens is 1. The highest BCUT2D eigenvalue weighted by Crippen LogP contribution is 2.31. The van der Waals surface area contributed by atoms with Gasteiger partial charge in [-0.05, 0) is 50.3 Å². The number of nitrogens with zero attached hydrogens (tertiary/aromatic N) is 1. The van der Waals surface area contributed by atoms with E-state index in [1.807, 2.05) is 13.0 Å². The lowest BCUT2D eigenvalue weighted by Crippen LogP contribution is -2.52. The van der Waals surface area contributed by atoms with Gasteiger partial charge in [-0.1, -0.05) is 19.1 Å². The topological polar surface area (TPSA) is 57.6 Å². The van der Waals surface area contributed by atoms with E-state index < -0.39 is 11.5 Å². The summed E-state index contributed by atoms with van der Waals surface area (Å²) in [6, 6.07) is 6.34. The van der Waals surface area contributed by atoms with E-state index in [-0.39, 0.29) is 17.6 Å². The van der Waals surface area contributed by atoms with E-state index >= 15 is 0 Å². The Bertz CT molecular complexity index is 575. The van der Waals surface area contributed by atoms with Crippen molar-refractivity contribution in [1.82, 2.24) is 4.90 Å². The largest absolute Gasteiger partial charge is 0.480 e. The molecule has 1 aromatic carbocycles. The highest BCUT2D eigenvalue weighted by Gasteiger charge is 2.46. The summed E-state index contributed by atoms with van der Waals surface area (Å²) in [4.78, 5) is 25.5. The minimum atomic E-state index is -1.09. The van der Waals surface area contributed by atoms with Gasteiger partial charge in [0.2, 0.25) is 5.91 Å². The Morgan fingerprint density at radius 3 is 2.82 bits per heavy atom. The zero-order valence-corrected chi connectivity index (χ0v) is 13.0. The highest BCUT2D eigenvalue weighted by molar-refractivity contribution is 5.88. The zero-order valence-electron chi connectivity index (χ0n) is 13.0.